The van der Waals surface area contributed by atoms with E-state index in [1.165, 1.54) is 25.7 Å². The zero-order valence-electron chi connectivity index (χ0n) is 10.7. The summed E-state index contributed by atoms with van der Waals surface area (Å²) in [5.74, 6) is 1.11. The minimum absolute atomic E-state index is 0.418. The summed E-state index contributed by atoms with van der Waals surface area (Å²) in [5.41, 5.74) is 14.4. The van der Waals surface area contributed by atoms with Gasteiger partial charge in [0, 0.05) is 12.2 Å². The van der Waals surface area contributed by atoms with Gasteiger partial charge in [-0.15, -0.1) is 0 Å². The molecule has 0 aromatic carbocycles. The van der Waals surface area contributed by atoms with Crippen LogP contribution in [-0.2, 0) is 0 Å². The summed E-state index contributed by atoms with van der Waals surface area (Å²) in [6.07, 6.45) is 6.91. The SMILES string of the molecule is Cc1cnc(N)c(N)c1N[C@H]1CCCC[C@H]1C. The maximum absolute atomic E-state index is 6.00. The van der Waals surface area contributed by atoms with Crippen molar-refractivity contribution in [2.75, 3.05) is 16.8 Å². The molecule has 2 atom stereocenters. The minimum atomic E-state index is 0.418. The van der Waals surface area contributed by atoms with Crippen LogP contribution in [0.3, 0.4) is 0 Å². The molecule has 1 heterocycles. The molecule has 1 fully saturated rings. The number of nitrogen functional groups attached to an aromatic ring is 2. The van der Waals surface area contributed by atoms with E-state index in [-0.39, 0.29) is 0 Å². The summed E-state index contributed by atoms with van der Waals surface area (Å²) in [6.45, 7) is 4.31. The molecule has 1 aromatic heterocycles. The molecule has 0 aliphatic heterocycles. The molecule has 94 valence electrons. The van der Waals surface area contributed by atoms with Crippen LogP contribution in [-0.4, -0.2) is 11.0 Å². The number of hydrogen-bond acceptors (Lipinski definition) is 4. The number of nitrogens with zero attached hydrogens (tertiary/aromatic N) is 1. The Morgan fingerprint density at radius 2 is 2.00 bits per heavy atom. The number of aryl methyl sites for hydroxylation is 1. The van der Waals surface area contributed by atoms with Crippen LogP contribution in [0.5, 0.6) is 0 Å². The van der Waals surface area contributed by atoms with Crippen LogP contribution in [0.1, 0.15) is 38.2 Å². The second-order valence-corrected chi connectivity index (χ2v) is 5.13. The monoisotopic (exact) mass is 234 g/mol. The number of hydrogen-bond donors (Lipinski definition) is 3. The molecule has 0 bridgehead atoms. The first-order valence-electron chi connectivity index (χ1n) is 6.36. The van der Waals surface area contributed by atoms with Crippen LogP contribution in [0, 0.1) is 12.8 Å². The van der Waals surface area contributed by atoms with Crippen LogP contribution in [0.2, 0.25) is 0 Å². The molecule has 4 nitrogen and oxygen atoms in total. The fraction of sp³-hybridized carbons (Fsp3) is 0.615. The Morgan fingerprint density at radius 1 is 1.29 bits per heavy atom. The summed E-state index contributed by atoms with van der Waals surface area (Å²) < 4.78 is 0. The molecule has 0 amide bonds. The highest BCUT2D eigenvalue weighted by atomic mass is 15.0. The van der Waals surface area contributed by atoms with Crippen molar-refractivity contribution in [2.24, 2.45) is 5.92 Å². The zero-order chi connectivity index (χ0) is 12.4. The van der Waals surface area contributed by atoms with Gasteiger partial charge in [0.05, 0.1) is 11.4 Å². The van der Waals surface area contributed by atoms with Gasteiger partial charge in [-0.1, -0.05) is 19.8 Å². The van der Waals surface area contributed by atoms with Crippen molar-refractivity contribution in [1.82, 2.24) is 4.98 Å². The Labute approximate surface area is 103 Å². The average Bonchev–Trinajstić information content (AvgIpc) is 2.32. The Bertz CT molecular complexity index is 403. The standard InChI is InChI=1S/C13H22N4/c1-8-5-3-4-6-10(8)17-12-9(2)7-16-13(15)11(12)14/h7-8,10H,3-6,14H2,1-2H3,(H3,15,16,17)/t8-,10+/m1/s1. The van der Waals surface area contributed by atoms with Crippen LogP contribution in [0.25, 0.3) is 0 Å². The van der Waals surface area contributed by atoms with E-state index in [0.717, 1.165) is 11.3 Å². The van der Waals surface area contributed by atoms with E-state index in [1.807, 2.05) is 6.92 Å². The van der Waals surface area contributed by atoms with E-state index >= 15 is 0 Å². The van der Waals surface area contributed by atoms with E-state index in [0.29, 0.717) is 23.5 Å². The van der Waals surface area contributed by atoms with Gasteiger partial charge < -0.3 is 16.8 Å². The van der Waals surface area contributed by atoms with Gasteiger partial charge in [-0.2, -0.15) is 0 Å². The van der Waals surface area contributed by atoms with Crippen molar-refractivity contribution >= 4 is 17.2 Å². The second-order valence-electron chi connectivity index (χ2n) is 5.13. The predicted octanol–water partition coefficient (Wildman–Crippen LogP) is 2.55. The summed E-state index contributed by atoms with van der Waals surface area (Å²) in [7, 11) is 0. The molecular weight excluding hydrogens is 212 g/mol. The van der Waals surface area contributed by atoms with Crippen LogP contribution >= 0.6 is 0 Å². The molecule has 4 heteroatoms. The van der Waals surface area contributed by atoms with E-state index in [9.17, 15) is 0 Å². The number of rotatable bonds is 2. The van der Waals surface area contributed by atoms with Crippen LogP contribution < -0.4 is 16.8 Å². The lowest BCUT2D eigenvalue weighted by Crippen LogP contribution is -2.31. The maximum atomic E-state index is 6.00. The van der Waals surface area contributed by atoms with Crippen molar-refractivity contribution in [3.8, 4) is 0 Å². The Morgan fingerprint density at radius 3 is 2.71 bits per heavy atom. The van der Waals surface area contributed by atoms with Crippen LogP contribution in [0.4, 0.5) is 17.2 Å². The fourth-order valence-corrected chi connectivity index (χ4v) is 2.55. The third kappa shape index (κ3) is 2.46. The molecule has 0 saturated heterocycles. The number of nitrogens with two attached hydrogens (primary N) is 2. The van der Waals surface area contributed by atoms with E-state index in [4.69, 9.17) is 11.5 Å². The smallest absolute Gasteiger partial charge is 0.148 e. The molecule has 17 heavy (non-hydrogen) atoms. The molecule has 1 aliphatic rings. The van der Waals surface area contributed by atoms with Gasteiger partial charge in [-0.05, 0) is 31.2 Å². The summed E-state index contributed by atoms with van der Waals surface area (Å²) >= 11 is 0. The van der Waals surface area contributed by atoms with Gasteiger partial charge in [0.25, 0.3) is 0 Å². The second kappa shape index (κ2) is 4.82. The highest BCUT2D eigenvalue weighted by Gasteiger charge is 2.22. The van der Waals surface area contributed by atoms with Crippen molar-refractivity contribution in [3.05, 3.63) is 11.8 Å². The first-order chi connectivity index (χ1) is 8.09. The average molecular weight is 234 g/mol. The third-order valence-corrected chi connectivity index (χ3v) is 3.78. The van der Waals surface area contributed by atoms with Crippen molar-refractivity contribution in [1.29, 1.82) is 0 Å². The first kappa shape index (κ1) is 12.0. The van der Waals surface area contributed by atoms with Gasteiger partial charge in [-0.25, -0.2) is 4.98 Å². The largest absolute Gasteiger partial charge is 0.394 e. The maximum Gasteiger partial charge on any atom is 0.148 e. The lowest BCUT2D eigenvalue weighted by molar-refractivity contribution is 0.349. The Hall–Kier alpha value is -1.45. The quantitative estimate of drug-likeness (QED) is 0.735. The summed E-state index contributed by atoms with van der Waals surface area (Å²) in [6, 6.07) is 0.506. The summed E-state index contributed by atoms with van der Waals surface area (Å²) in [5, 5.41) is 3.56. The van der Waals surface area contributed by atoms with Crippen LogP contribution in [0.15, 0.2) is 6.20 Å². The van der Waals surface area contributed by atoms with Crippen molar-refractivity contribution in [3.63, 3.8) is 0 Å². The zero-order valence-corrected chi connectivity index (χ0v) is 10.7. The number of aromatic nitrogens is 1. The van der Waals surface area contributed by atoms with E-state index in [1.54, 1.807) is 6.20 Å². The molecule has 1 aromatic rings. The molecule has 2 rings (SSSR count). The van der Waals surface area contributed by atoms with Gasteiger partial charge in [-0.3, -0.25) is 0 Å². The fourth-order valence-electron chi connectivity index (χ4n) is 2.55. The molecule has 5 N–H and O–H groups in total. The van der Waals surface area contributed by atoms with Gasteiger partial charge in [0.1, 0.15) is 5.82 Å². The number of anilines is 3. The normalized spacial score (nSPS) is 24.6. The summed E-state index contributed by atoms with van der Waals surface area (Å²) in [4.78, 5) is 4.06. The Balaban J connectivity index is 2.20. The first-order valence-corrected chi connectivity index (χ1v) is 6.36. The molecule has 1 aliphatic carbocycles. The van der Waals surface area contributed by atoms with Gasteiger partial charge in [0.2, 0.25) is 0 Å². The third-order valence-electron chi connectivity index (χ3n) is 3.78. The topological polar surface area (TPSA) is 77.0 Å². The van der Waals surface area contributed by atoms with Crippen molar-refractivity contribution < 1.29 is 0 Å². The lowest BCUT2D eigenvalue weighted by atomic mass is 9.85. The lowest BCUT2D eigenvalue weighted by Gasteiger charge is -2.31. The van der Waals surface area contributed by atoms with Gasteiger partial charge >= 0.3 is 0 Å². The highest BCUT2D eigenvalue weighted by Crippen LogP contribution is 2.32. The Kier molecular flexibility index (Phi) is 3.41. The predicted molar refractivity (Wildman–Crippen MR) is 72.8 cm³/mol. The number of pyridine rings is 1. The molecule has 0 unspecified atom stereocenters. The molecule has 1 saturated carbocycles. The van der Waals surface area contributed by atoms with Gasteiger partial charge in [0.15, 0.2) is 0 Å². The van der Waals surface area contributed by atoms with E-state index < -0.39 is 0 Å². The highest BCUT2D eigenvalue weighted by molar-refractivity contribution is 5.78. The van der Waals surface area contributed by atoms with Crippen molar-refractivity contribution in [2.45, 2.75) is 45.6 Å². The molecule has 0 radical (unpaired) electrons. The van der Waals surface area contributed by atoms with E-state index in [2.05, 4.69) is 17.2 Å². The number of nitrogens with one attached hydrogen (secondary N) is 1. The molecular formula is C13H22N4. The molecule has 0 spiro atoms. The minimum Gasteiger partial charge on any atom is -0.394 e.